The summed E-state index contributed by atoms with van der Waals surface area (Å²) in [4.78, 5) is 13.2. The molecule has 5 aromatic rings. The SMILES string of the molecule is Cc1c(C=NNC(=O)c2sc3ccccc3c2Cl)c2ccccc2n1Cc1ccccc1. The number of carbonyl (C=O) groups excluding carboxylic acids is 1. The van der Waals surface area contributed by atoms with Crippen molar-refractivity contribution in [2.45, 2.75) is 13.5 Å². The van der Waals surface area contributed by atoms with E-state index in [0.717, 1.165) is 38.8 Å². The van der Waals surface area contributed by atoms with Crippen LogP contribution in [-0.4, -0.2) is 16.7 Å². The molecule has 6 heteroatoms. The quantitative estimate of drug-likeness (QED) is 0.233. The van der Waals surface area contributed by atoms with Crippen molar-refractivity contribution in [3.63, 3.8) is 0 Å². The van der Waals surface area contributed by atoms with Crippen LogP contribution in [0.2, 0.25) is 5.02 Å². The maximum absolute atomic E-state index is 12.7. The van der Waals surface area contributed by atoms with Gasteiger partial charge in [0, 0.05) is 38.8 Å². The third-order valence-electron chi connectivity index (χ3n) is 5.56. The summed E-state index contributed by atoms with van der Waals surface area (Å²) < 4.78 is 3.25. The summed E-state index contributed by atoms with van der Waals surface area (Å²) in [5.74, 6) is -0.307. The number of fused-ring (bicyclic) bond motifs is 2. The third-order valence-corrected chi connectivity index (χ3v) is 7.24. The number of benzene rings is 3. The second-order valence-electron chi connectivity index (χ2n) is 7.53. The molecule has 0 spiro atoms. The molecule has 158 valence electrons. The lowest BCUT2D eigenvalue weighted by Gasteiger charge is -2.08. The number of hydrogen-bond acceptors (Lipinski definition) is 3. The molecule has 0 unspecified atom stereocenters. The second-order valence-corrected chi connectivity index (χ2v) is 8.96. The topological polar surface area (TPSA) is 46.4 Å². The first-order valence-corrected chi connectivity index (χ1v) is 11.4. The van der Waals surface area contributed by atoms with Crippen molar-refractivity contribution in [3.05, 3.63) is 106 Å². The smallest absolute Gasteiger partial charge is 0.283 e. The summed E-state index contributed by atoms with van der Waals surface area (Å²) >= 11 is 7.79. The number of nitrogens with one attached hydrogen (secondary N) is 1. The van der Waals surface area contributed by atoms with Gasteiger partial charge < -0.3 is 4.57 Å². The van der Waals surface area contributed by atoms with Gasteiger partial charge in [-0.1, -0.05) is 78.3 Å². The minimum absolute atomic E-state index is 0.307. The van der Waals surface area contributed by atoms with E-state index in [1.807, 2.05) is 54.6 Å². The number of nitrogens with zero attached hydrogens (tertiary/aromatic N) is 2. The van der Waals surface area contributed by atoms with Crippen LogP contribution in [0, 0.1) is 6.92 Å². The zero-order chi connectivity index (χ0) is 22.1. The Bertz CT molecular complexity index is 1470. The molecule has 3 aromatic carbocycles. The van der Waals surface area contributed by atoms with Gasteiger partial charge in [-0.25, -0.2) is 5.43 Å². The fraction of sp³-hybridized carbons (Fsp3) is 0.0769. The van der Waals surface area contributed by atoms with Crippen molar-refractivity contribution in [1.82, 2.24) is 9.99 Å². The summed E-state index contributed by atoms with van der Waals surface area (Å²) in [6.07, 6.45) is 1.72. The van der Waals surface area contributed by atoms with E-state index in [2.05, 4.69) is 46.3 Å². The van der Waals surface area contributed by atoms with Crippen LogP contribution in [0.4, 0.5) is 0 Å². The number of amides is 1. The molecule has 2 aromatic heterocycles. The molecule has 0 atom stereocenters. The lowest BCUT2D eigenvalue weighted by Crippen LogP contribution is -2.16. The monoisotopic (exact) mass is 457 g/mol. The van der Waals surface area contributed by atoms with E-state index in [9.17, 15) is 4.79 Å². The van der Waals surface area contributed by atoms with Crippen LogP contribution in [0.15, 0.2) is 84.0 Å². The largest absolute Gasteiger partial charge is 0.340 e. The Hall–Kier alpha value is -3.41. The van der Waals surface area contributed by atoms with Crippen LogP contribution >= 0.6 is 22.9 Å². The van der Waals surface area contributed by atoms with E-state index in [1.165, 1.54) is 16.9 Å². The summed E-state index contributed by atoms with van der Waals surface area (Å²) in [6.45, 7) is 2.85. The minimum Gasteiger partial charge on any atom is -0.340 e. The lowest BCUT2D eigenvalue weighted by molar-refractivity contribution is 0.0959. The summed E-state index contributed by atoms with van der Waals surface area (Å²) in [6, 6.07) is 26.3. The number of hydrogen-bond donors (Lipinski definition) is 1. The van der Waals surface area contributed by atoms with Gasteiger partial charge in [0.25, 0.3) is 5.91 Å². The first-order chi connectivity index (χ1) is 15.6. The highest BCUT2D eigenvalue weighted by molar-refractivity contribution is 7.21. The van der Waals surface area contributed by atoms with E-state index >= 15 is 0 Å². The maximum Gasteiger partial charge on any atom is 0.283 e. The Morgan fingerprint density at radius 1 is 1.00 bits per heavy atom. The molecule has 4 nitrogen and oxygen atoms in total. The summed E-state index contributed by atoms with van der Waals surface area (Å²) in [7, 11) is 0. The summed E-state index contributed by atoms with van der Waals surface area (Å²) in [5.41, 5.74) is 7.09. The van der Waals surface area contributed by atoms with Crippen molar-refractivity contribution in [3.8, 4) is 0 Å². The first-order valence-electron chi connectivity index (χ1n) is 10.3. The molecule has 0 radical (unpaired) electrons. The Kier molecular flexibility index (Phi) is 5.52. The number of para-hydroxylation sites is 1. The molecule has 1 N–H and O–H groups in total. The molecular formula is C26H20ClN3OS. The lowest BCUT2D eigenvalue weighted by atomic mass is 10.1. The number of hydrazone groups is 1. The highest BCUT2D eigenvalue weighted by atomic mass is 35.5. The molecule has 0 aliphatic carbocycles. The predicted octanol–water partition coefficient (Wildman–Crippen LogP) is 6.63. The normalized spacial score (nSPS) is 11.6. The Balaban J connectivity index is 1.44. The zero-order valence-electron chi connectivity index (χ0n) is 17.4. The summed E-state index contributed by atoms with van der Waals surface area (Å²) in [5, 5.41) is 6.72. The predicted molar refractivity (Wildman–Crippen MR) is 134 cm³/mol. The zero-order valence-corrected chi connectivity index (χ0v) is 19.0. The van der Waals surface area contributed by atoms with Gasteiger partial charge in [-0.2, -0.15) is 5.10 Å². The molecule has 5 rings (SSSR count). The molecule has 0 saturated heterocycles. The van der Waals surface area contributed by atoms with E-state index in [1.54, 1.807) is 6.21 Å². The maximum atomic E-state index is 12.7. The number of thiophene rings is 1. The van der Waals surface area contributed by atoms with Crippen LogP contribution in [0.3, 0.4) is 0 Å². The first kappa shape index (κ1) is 20.5. The van der Waals surface area contributed by atoms with E-state index < -0.39 is 0 Å². The number of carbonyl (C=O) groups is 1. The van der Waals surface area contributed by atoms with Crippen molar-refractivity contribution in [2.75, 3.05) is 0 Å². The third kappa shape index (κ3) is 3.70. The number of aromatic nitrogens is 1. The molecule has 0 aliphatic heterocycles. The fourth-order valence-corrected chi connectivity index (χ4v) is 5.36. The van der Waals surface area contributed by atoms with Gasteiger partial charge in [-0.05, 0) is 24.6 Å². The van der Waals surface area contributed by atoms with Gasteiger partial charge in [0.15, 0.2) is 0 Å². The van der Waals surface area contributed by atoms with Crippen LogP contribution in [0.25, 0.3) is 21.0 Å². The van der Waals surface area contributed by atoms with Gasteiger partial charge in [0.2, 0.25) is 0 Å². The highest BCUT2D eigenvalue weighted by Crippen LogP contribution is 2.35. The van der Waals surface area contributed by atoms with Crippen LogP contribution < -0.4 is 5.43 Å². The highest BCUT2D eigenvalue weighted by Gasteiger charge is 2.17. The Morgan fingerprint density at radius 2 is 1.69 bits per heavy atom. The number of rotatable bonds is 5. The van der Waals surface area contributed by atoms with Crippen molar-refractivity contribution < 1.29 is 4.79 Å². The van der Waals surface area contributed by atoms with Gasteiger partial charge in [0.1, 0.15) is 4.88 Å². The second kappa shape index (κ2) is 8.61. The molecule has 0 saturated carbocycles. The Morgan fingerprint density at radius 3 is 2.47 bits per heavy atom. The molecule has 0 aliphatic rings. The van der Waals surface area contributed by atoms with Gasteiger partial charge in [-0.3, -0.25) is 4.79 Å². The van der Waals surface area contributed by atoms with Crippen LogP contribution in [0.1, 0.15) is 26.5 Å². The molecule has 32 heavy (non-hydrogen) atoms. The Labute approximate surface area is 194 Å². The molecule has 0 fully saturated rings. The van der Waals surface area contributed by atoms with Gasteiger partial charge in [-0.15, -0.1) is 11.3 Å². The average Bonchev–Trinajstić information content (AvgIpc) is 3.30. The number of halogens is 1. The molecule has 0 bridgehead atoms. The minimum atomic E-state index is -0.307. The van der Waals surface area contributed by atoms with Crippen molar-refractivity contribution in [2.24, 2.45) is 5.10 Å². The van der Waals surface area contributed by atoms with E-state index in [4.69, 9.17) is 11.6 Å². The fourth-order valence-electron chi connectivity index (χ4n) is 3.96. The van der Waals surface area contributed by atoms with Crippen LogP contribution in [-0.2, 0) is 6.54 Å². The van der Waals surface area contributed by atoms with E-state index in [0.29, 0.717) is 9.90 Å². The average molecular weight is 458 g/mol. The van der Waals surface area contributed by atoms with Crippen molar-refractivity contribution in [1.29, 1.82) is 0 Å². The van der Waals surface area contributed by atoms with Crippen LogP contribution in [0.5, 0.6) is 0 Å². The molecular weight excluding hydrogens is 438 g/mol. The molecule has 2 heterocycles. The molecule has 1 amide bonds. The van der Waals surface area contributed by atoms with Crippen molar-refractivity contribution >= 4 is 56.0 Å². The van der Waals surface area contributed by atoms with Gasteiger partial charge in [0.05, 0.1) is 11.2 Å². The van der Waals surface area contributed by atoms with E-state index in [-0.39, 0.29) is 5.91 Å². The standard InChI is InChI=1S/C26H20ClN3OS/c1-17-21(15-28-29-26(31)25-24(27)20-12-6-8-14-23(20)32-25)19-11-5-7-13-22(19)30(17)16-18-9-3-2-4-10-18/h2-15H,16H2,1H3,(H,29,31). The van der Waals surface area contributed by atoms with Gasteiger partial charge >= 0.3 is 0 Å².